The molecule has 8 heteroatoms. The maximum atomic E-state index is 12.2. The maximum Gasteiger partial charge on any atom is 0.325 e. The number of nitrogens with one attached hydrogen (secondary N) is 4. The summed E-state index contributed by atoms with van der Waals surface area (Å²) in [4.78, 5) is 36.7. The minimum atomic E-state index is -0.405. The zero-order chi connectivity index (χ0) is 14.5. The minimum Gasteiger partial charge on any atom is -0.355 e. The van der Waals surface area contributed by atoms with E-state index < -0.39 is 6.03 Å². The molecule has 112 valence electrons. The van der Waals surface area contributed by atoms with Gasteiger partial charge in [0, 0.05) is 13.1 Å². The Labute approximate surface area is 117 Å². The van der Waals surface area contributed by atoms with Crippen LogP contribution in [0.3, 0.4) is 0 Å². The summed E-state index contributed by atoms with van der Waals surface area (Å²) in [6.07, 6.45) is 1.01. The first-order valence-electron chi connectivity index (χ1n) is 6.93. The monoisotopic (exact) mass is 283 g/mol. The molecule has 0 aromatic carbocycles. The summed E-state index contributed by atoms with van der Waals surface area (Å²) in [7, 11) is 0. The van der Waals surface area contributed by atoms with E-state index in [1.807, 2.05) is 0 Å². The molecular formula is C12H21N5O3. The van der Waals surface area contributed by atoms with Crippen LogP contribution in [-0.4, -0.2) is 61.1 Å². The Morgan fingerprint density at radius 2 is 2.15 bits per heavy atom. The third-order valence-corrected chi connectivity index (χ3v) is 3.43. The lowest BCUT2D eigenvalue weighted by Gasteiger charge is -2.24. The highest BCUT2D eigenvalue weighted by molar-refractivity contribution is 5.95. The predicted molar refractivity (Wildman–Crippen MR) is 71.7 cm³/mol. The molecule has 2 aliphatic rings. The number of hydrogen-bond donors (Lipinski definition) is 4. The summed E-state index contributed by atoms with van der Waals surface area (Å²) in [5.41, 5.74) is 0. The molecule has 8 nitrogen and oxygen atoms in total. The second-order valence-electron chi connectivity index (χ2n) is 5.05. The Kier molecular flexibility index (Phi) is 4.91. The summed E-state index contributed by atoms with van der Waals surface area (Å²) in [5.74, 6) is -0.312. The van der Waals surface area contributed by atoms with Gasteiger partial charge in [0.05, 0.1) is 18.8 Å². The van der Waals surface area contributed by atoms with Gasteiger partial charge in [-0.2, -0.15) is 0 Å². The third kappa shape index (κ3) is 3.67. The second-order valence-corrected chi connectivity index (χ2v) is 5.05. The van der Waals surface area contributed by atoms with Gasteiger partial charge in [-0.15, -0.1) is 0 Å². The summed E-state index contributed by atoms with van der Waals surface area (Å²) < 4.78 is 0. The molecule has 1 unspecified atom stereocenters. The first kappa shape index (κ1) is 14.7. The highest BCUT2D eigenvalue weighted by Gasteiger charge is 2.27. The van der Waals surface area contributed by atoms with Gasteiger partial charge in [0.15, 0.2) is 0 Å². The number of carbonyl (C=O) groups is 3. The highest BCUT2D eigenvalue weighted by Crippen LogP contribution is 2.01. The largest absolute Gasteiger partial charge is 0.355 e. The van der Waals surface area contributed by atoms with Crippen molar-refractivity contribution in [2.75, 3.05) is 26.2 Å². The molecule has 0 spiro atoms. The molecule has 0 bridgehead atoms. The van der Waals surface area contributed by atoms with E-state index in [-0.39, 0.29) is 30.6 Å². The molecule has 0 saturated carbocycles. The average molecular weight is 283 g/mol. The molecule has 2 atom stereocenters. The first-order chi connectivity index (χ1) is 9.58. The molecule has 2 aliphatic heterocycles. The summed E-state index contributed by atoms with van der Waals surface area (Å²) >= 11 is 0. The number of nitrogens with zero attached hydrogens (tertiary/aromatic N) is 1. The van der Waals surface area contributed by atoms with Crippen molar-refractivity contribution in [3.8, 4) is 0 Å². The topological polar surface area (TPSA) is 103 Å². The molecule has 4 N–H and O–H groups in total. The van der Waals surface area contributed by atoms with Gasteiger partial charge in [-0.05, 0) is 26.3 Å². The second kappa shape index (κ2) is 6.67. The van der Waals surface area contributed by atoms with Gasteiger partial charge in [0.2, 0.25) is 11.8 Å². The van der Waals surface area contributed by atoms with Crippen molar-refractivity contribution in [1.29, 1.82) is 0 Å². The van der Waals surface area contributed by atoms with E-state index in [4.69, 9.17) is 0 Å². The fourth-order valence-electron chi connectivity index (χ4n) is 2.29. The maximum absolute atomic E-state index is 12.2. The fourth-order valence-corrected chi connectivity index (χ4v) is 2.29. The molecule has 4 amide bonds. The van der Waals surface area contributed by atoms with E-state index in [9.17, 15) is 14.4 Å². The lowest BCUT2D eigenvalue weighted by Crippen LogP contribution is -2.55. The molecule has 2 rings (SSSR count). The molecule has 0 aromatic heterocycles. The number of urea groups is 1. The summed E-state index contributed by atoms with van der Waals surface area (Å²) in [6, 6.07) is -0.776. The van der Waals surface area contributed by atoms with E-state index >= 15 is 0 Å². The summed E-state index contributed by atoms with van der Waals surface area (Å²) in [6.45, 7) is 3.56. The zero-order valence-corrected chi connectivity index (χ0v) is 11.6. The Bertz CT molecular complexity index is 401. The SMILES string of the molecule is C[C@@H]1NC(NC(=O)N2CCCNCC2=O)CCNC1=O. The lowest BCUT2D eigenvalue weighted by atomic mass is 10.3. The van der Waals surface area contributed by atoms with Crippen LogP contribution in [0.25, 0.3) is 0 Å². The van der Waals surface area contributed by atoms with Crippen molar-refractivity contribution in [1.82, 2.24) is 26.2 Å². The highest BCUT2D eigenvalue weighted by atomic mass is 16.2. The standard InChI is InChI=1S/C12H21N5O3/c1-8-11(19)14-5-3-9(15-8)16-12(20)17-6-2-4-13-7-10(17)18/h8-9,13,15H,2-7H2,1H3,(H,14,19)(H,16,20)/t8-,9?/m0/s1. The Hall–Kier alpha value is -1.67. The molecule has 2 heterocycles. The van der Waals surface area contributed by atoms with Crippen LogP contribution in [-0.2, 0) is 9.59 Å². The van der Waals surface area contributed by atoms with Crippen LogP contribution in [0, 0.1) is 0 Å². The number of imide groups is 1. The Morgan fingerprint density at radius 3 is 2.95 bits per heavy atom. The minimum absolute atomic E-state index is 0.0863. The van der Waals surface area contributed by atoms with Crippen LogP contribution in [0.2, 0.25) is 0 Å². The van der Waals surface area contributed by atoms with Gasteiger partial charge < -0.3 is 16.0 Å². The number of hydrogen-bond acceptors (Lipinski definition) is 5. The Morgan fingerprint density at radius 1 is 1.35 bits per heavy atom. The number of amides is 4. The van der Waals surface area contributed by atoms with Crippen LogP contribution < -0.4 is 21.3 Å². The molecule has 0 aromatic rings. The quantitative estimate of drug-likeness (QED) is 0.461. The van der Waals surface area contributed by atoms with Crippen LogP contribution >= 0.6 is 0 Å². The molecule has 2 fully saturated rings. The molecular weight excluding hydrogens is 262 g/mol. The van der Waals surface area contributed by atoms with Gasteiger partial charge in [0.25, 0.3) is 0 Å². The van der Waals surface area contributed by atoms with E-state index in [2.05, 4.69) is 21.3 Å². The molecule has 20 heavy (non-hydrogen) atoms. The summed E-state index contributed by atoms with van der Waals surface area (Å²) in [5, 5.41) is 11.5. The van der Waals surface area contributed by atoms with E-state index in [1.165, 1.54) is 4.90 Å². The van der Waals surface area contributed by atoms with E-state index in [1.54, 1.807) is 6.92 Å². The predicted octanol–water partition coefficient (Wildman–Crippen LogP) is -1.66. The van der Waals surface area contributed by atoms with Gasteiger partial charge in [0.1, 0.15) is 0 Å². The van der Waals surface area contributed by atoms with E-state index in [0.717, 1.165) is 13.0 Å². The smallest absolute Gasteiger partial charge is 0.325 e. The third-order valence-electron chi connectivity index (χ3n) is 3.43. The van der Waals surface area contributed by atoms with Crippen molar-refractivity contribution in [2.45, 2.75) is 32.0 Å². The number of rotatable bonds is 1. The normalized spacial score (nSPS) is 28.4. The van der Waals surface area contributed by atoms with Gasteiger partial charge >= 0.3 is 6.03 Å². The van der Waals surface area contributed by atoms with Crippen molar-refractivity contribution < 1.29 is 14.4 Å². The molecule has 0 radical (unpaired) electrons. The van der Waals surface area contributed by atoms with Crippen LogP contribution in [0.15, 0.2) is 0 Å². The van der Waals surface area contributed by atoms with Crippen LogP contribution in [0.4, 0.5) is 4.79 Å². The molecule has 2 saturated heterocycles. The van der Waals surface area contributed by atoms with Crippen molar-refractivity contribution in [3.05, 3.63) is 0 Å². The van der Waals surface area contributed by atoms with Crippen molar-refractivity contribution >= 4 is 17.8 Å². The average Bonchev–Trinajstić information content (AvgIpc) is 2.70. The first-order valence-corrected chi connectivity index (χ1v) is 6.93. The molecule has 0 aliphatic carbocycles. The zero-order valence-electron chi connectivity index (χ0n) is 11.6. The van der Waals surface area contributed by atoms with Crippen LogP contribution in [0.5, 0.6) is 0 Å². The fraction of sp³-hybridized carbons (Fsp3) is 0.750. The Balaban J connectivity index is 1.92. The van der Waals surface area contributed by atoms with Crippen molar-refractivity contribution in [3.63, 3.8) is 0 Å². The van der Waals surface area contributed by atoms with Gasteiger partial charge in [-0.1, -0.05) is 0 Å². The lowest BCUT2D eigenvalue weighted by molar-refractivity contribution is -0.127. The van der Waals surface area contributed by atoms with Gasteiger partial charge in [-0.3, -0.25) is 19.8 Å². The van der Waals surface area contributed by atoms with Gasteiger partial charge in [-0.25, -0.2) is 4.79 Å². The number of carbonyl (C=O) groups excluding carboxylic acids is 3. The van der Waals surface area contributed by atoms with Crippen molar-refractivity contribution in [2.24, 2.45) is 0 Å². The van der Waals surface area contributed by atoms with E-state index in [0.29, 0.717) is 19.5 Å². The van der Waals surface area contributed by atoms with Crippen LogP contribution in [0.1, 0.15) is 19.8 Å².